The maximum atomic E-state index is 12.1. The van der Waals surface area contributed by atoms with Crippen LogP contribution in [0.25, 0.3) is 0 Å². The third kappa shape index (κ3) is 10.8. The second-order valence-electron chi connectivity index (χ2n) is 12.9. The Morgan fingerprint density at radius 2 is 1.09 bits per heavy atom. The van der Waals surface area contributed by atoms with Gasteiger partial charge in [-0.3, -0.25) is 13.9 Å². The summed E-state index contributed by atoms with van der Waals surface area (Å²) in [5, 5.41) is 97.2. The standard InChI is InChI=1S/C26H43NO26S2/c1-5-10(30)19(52-54(39,40)41)14(34)24(45-5)48-16-6(2)46-25(15(35)20(16)53-55(42,43)44)50-18-12(32)21(22(36)37)51-26(13(18)33)49-17-9(27-7(3)29)23(38)47-8(4-28)11(17)31/h5-6,8-21,23-26,28,30-35,38H,4H2,1-3H3,(H,27,29)(H,36,37)(H,39,40,41)(H,42,43,44)/t5-,6-,8+,9+,10+,11-,12-,13+,14-,15-,16+,17+,18-,19+,20-,21-,23+,24-,25-,26+/m0/s1. The monoisotopic (exact) mass is 849 g/mol. The number of carbonyl (C=O) groups excluding carboxylic acids is 1. The van der Waals surface area contributed by atoms with Gasteiger partial charge in [0.2, 0.25) is 5.91 Å². The van der Waals surface area contributed by atoms with Crippen LogP contribution in [0.5, 0.6) is 0 Å². The van der Waals surface area contributed by atoms with E-state index in [1.165, 1.54) is 0 Å². The molecule has 4 fully saturated rings. The summed E-state index contributed by atoms with van der Waals surface area (Å²) in [6, 6.07) is -1.63. The lowest BCUT2D eigenvalue weighted by Crippen LogP contribution is -2.69. The predicted octanol–water partition coefficient (Wildman–Crippen LogP) is -7.80. The van der Waals surface area contributed by atoms with Gasteiger partial charge in [0.25, 0.3) is 0 Å². The second kappa shape index (κ2) is 17.9. The van der Waals surface area contributed by atoms with Gasteiger partial charge in [0.1, 0.15) is 79.3 Å². The van der Waals surface area contributed by atoms with Gasteiger partial charge in [-0.05, 0) is 13.8 Å². The van der Waals surface area contributed by atoms with E-state index in [1.807, 2.05) is 0 Å². The first kappa shape index (κ1) is 45.8. The summed E-state index contributed by atoms with van der Waals surface area (Å²) in [7, 11) is -10.8. The zero-order valence-corrected chi connectivity index (χ0v) is 30.2. The summed E-state index contributed by atoms with van der Waals surface area (Å²) in [5.41, 5.74) is 0. The third-order valence-corrected chi connectivity index (χ3v) is 9.83. The fourth-order valence-electron chi connectivity index (χ4n) is 6.31. The quantitative estimate of drug-likeness (QED) is 0.0766. The van der Waals surface area contributed by atoms with E-state index in [0.29, 0.717) is 0 Å². The molecule has 29 heteroatoms. The third-order valence-electron chi connectivity index (χ3n) is 8.90. The van der Waals surface area contributed by atoms with E-state index in [1.54, 1.807) is 0 Å². The van der Waals surface area contributed by atoms with Gasteiger partial charge in [-0.25, -0.2) is 13.2 Å². The number of amides is 1. The molecule has 0 bridgehead atoms. The maximum Gasteiger partial charge on any atom is 0.397 e. The molecule has 0 radical (unpaired) electrons. The van der Waals surface area contributed by atoms with Crippen LogP contribution in [0.2, 0.25) is 0 Å². The molecule has 0 aliphatic carbocycles. The number of hydrogen-bond acceptors (Lipinski definition) is 23. The summed E-state index contributed by atoms with van der Waals surface area (Å²) in [6.45, 7) is 2.36. The molecule has 0 unspecified atom stereocenters. The van der Waals surface area contributed by atoms with Crippen LogP contribution in [0.3, 0.4) is 0 Å². The number of aliphatic hydroxyl groups is 8. The highest BCUT2D eigenvalue weighted by Gasteiger charge is 2.57. The number of ether oxygens (including phenoxy) is 7. The summed E-state index contributed by atoms with van der Waals surface area (Å²) in [5.74, 6) is -2.67. The lowest BCUT2D eigenvalue weighted by molar-refractivity contribution is -0.377. The van der Waals surface area contributed by atoms with Gasteiger partial charge in [-0.1, -0.05) is 0 Å². The average Bonchev–Trinajstić information content (AvgIpc) is 3.06. The van der Waals surface area contributed by atoms with Crippen molar-refractivity contribution in [1.29, 1.82) is 0 Å². The number of rotatable bonds is 13. The Morgan fingerprint density at radius 3 is 1.62 bits per heavy atom. The summed E-state index contributed by atoms with van der Waals surface area (Å²) in [6.07, 6.45) is -38.9. The Hall–Kier alpha value is -1.92. The molecule has 0 spiro atoms. The molecular weight excluding hydrogens is 806 g/mol. The van der Waals surface area contributed by atoms with Gasteiger partial charge in [0.15, 0.2) is 31.3 Å². The Morgan fingerprint density at radius 1 is 0.618 bits per heavy atom. The van der Waals surface area contributed by atoms with Crippen molar-refractivity contribution < 1.29 is 123 Å². The van der Waals surface area contributed by atoms with Crippen LogP contribution in [0, 0.1) is 0 Å². The molecule has 0 saturated carbocycles. The molecule has 0 aromatic heterocycles. The molecule has 0 aromatic carbocycles. The Balaban J connectivity index is 1.61. The van der Waals surface area contributed by atoms with Crippen LogP contribution >= 0.6 is 0 Å². The van der Waals surface area contributed by atoms with E-state index >= 15 is 0 Å². The van der Waals surface area contributed by atoms with Gasteiger partial charge in [-0.15, -0.1) is 0 Å². The minimum atomic E-state index is -5.53. The van der Waals surface area contributed by atoms with Crippen molar-refractivity contribution in [3.05, 3.63) is 0 Å². The Kier molecular flexibility index (Phi) is 14.9. The molecule has 4 aliphatic rings. The lowest BCUT2D eigenvalue weighted by Gasteiger charge is -2.49. The van der Waals surface area contributed by atoms with E-state index < -0.39 is 162 Å². The van der Waals surface area contributed by atoms with Gasteiger partial charge in [0.05, 0.1) is 18.8 Å². The van der Waals surface area contributed by atoms with Gasteiger partial charge in [0, 0.05) is 6.92 Å². The summed E-state index contributed by atoms with van der Waals surface area (Å²) in [4.78, 5) is 23.9. The molecule has 4 saturated heterocycles. The van der Waals surface area contributed by atoms with Crippen molar-refractivity contribution in [3.63, 3.8) is 0 Å². The fourth-order valence-corrected chi connectivity index (χ4v) is 7.33. The number of aliphatic hydroxyl groups excluding tert-OH is 8. The first-order chi connectivity index (χ1) is 25.3. The first-order valence-corrected chi connectivity index (χ1v) is 18.8. The minimum Gasteiger partial charge on any atom is -0.479 e. The normalized spacial score (nSPS) is 45.8. The van der Waals surface area contributed by atoms with Crippen LogP contribution in [0.15, 0.2) is 0 Å². The zero-order valence-electron chi connectivity index (χ0n) is 28.6. The average molecular weight is 850 g/mol. The lowest BCUT2D eigenvalue weighted by atomic mass is 9.95. The number of aliphatic carboxylic acids is 1. The highest BCUT2D eigenvalue weighted by atomic mass is 32.3. The van der Waals surface area contributed by atoms with Crippen LogP contribution in [0.1, 0.15) is 20.8 Å². The largest absolute Gasteiger partial charge is 0.479 e. The number of carboxylic acids is 1. The molecule has 20 atom stereocenters. The SMILES string of the molecule is CC(=O)N[C@@H]1[C@@H](O[C@@H]2O[C@H](C(=O)O)[C@@H](O)[C@H](O[C@@H]3O[C@@H](C)[C@@H](O[C@@H]4O[C@@H](C)[C@@H](O)[C@@H](OS(=O)(=O)O)[C@@H]4O)[C@@H](OS(=O)(=O)O)[C@@H]3O)[C@H]2O)[C@@H](O)[C@@H](CO)O[C@H]1O. The van der Waals surface area contributed by atoms with Crippen molar-refractivity contribution in [3.8, 4) is 0 Å². The fraction of sp³-hybridized carbons (Fsp3) is 0.923. The van der Waals surface area contributed by atoms with Crippen molar-refractivity contribution in [2.75, 3.05) is 6.61 Å². The maximum absolute atomic E-state index is 12.1. The van der Waals surface area contributed by atoms with E-state index in [9.17, 15) is 76.9 Å². The highest BCUT2D eigenvalue weighted by molar-refractivity contribution is 7.81. The van der Waals surface area contributed by atoms with Gasteiger partial charge < -0.3 is 84.4 Å². The first-order valence-electron chi connectivity index (χ1n) is 16.1. The molecular formula is C26H43NO26S2. The van der Waals surface area contributed by atoms with E-state index in [2.05, 4.69) is 13.7 Å². The van der Waals surface area contributed by atoms with Gasteiger partial charge in [-0.2, -0.15) is 16.8 Å². The summed E-state index contributed by atoms with van der Waals surface area (Å²) >= 11 is 0. The molecule has 1 amide bonds. The minimum absolute atomic E-state index is 0.787. The highest BCUT2D eigenvalue weighted by Crippen LogP contribution is 2.36. The second-order valence-corrected chi connectivity index (χ2v) is 15.0. The molecule has 55 heavy (non-hydrogen) atoms. The summed E-state index contributed by atoms with van der Waals surface area (Å²) < 4.78 is 112. The Labute approximate surface area is 311 Å². The van der Waals surface area contributed by atoms with Crippen LogP contribution < -0.4 is 5.32 Å². The topological polar surface area (TPSA) is 420 Å². The van der Waals surface area contributed by atoms with Crippen molar-refractivity contribution in [2.24, 2.45) is 0 Å². The zero-order chi connectivity index (χ0) is 41.5. The molecule has 27 nitrogen and oxygen atoms in total. The number of carbonyl (C=O) groups is 2. The van der Waals surface area contributed by atoms with E-state index in [4.69, 9.17) is 37.7 Å². The molecule has 4 aliphatic heterocycles. The predicted molar refractivity (Wildman–Crippen MR) is 164 cm³/mol. The smallest absolute Gasteiger partial charge is 0.397 e. The van der Waals surface area contributed by atoms with Crippen molar-refractivity contribution in [1.82, 2.24) is 5.32 Å². The van der Waals surface area contributed by atoms with Crippen molar-refractivity contribution in [2.45, 2.75) is 144 Å². The van der Waals surface area contributed by atoms with Crippen molar-refractivity contribution >= 4 is 32.7 Å². The van der Waals surface area contributed by atoms with E-state index in [0.717, 1.165) is 20.8 Å². The molecule has 12 N–H and O–H groups in total. The number of carboxylic acid groups (broad SMARTS) is 1. The molecule has 4 rings (SSSR count). The van der Waals surface area contributed by atoms with Crippen LogP contribution in [0.4, 0.5) is 0 Å². The number of nitrogens with one attached hydrogen (secondary N) is 1. The van der Waals surface area contributed by atoms with Crippen LogP contribution in [-0.4, -0.2) is 213 Å². The van der Waals surface area contributed by atoms with E-state index in [-0.39, 0.29) is 0 Å². The number of hydrogen-bond donors (Lipinski definition) is 12. The Bertz CT molecular complexity index is 1550. The van der Waals surface area contributed by atoms with Gasteiger partial charge >= 0.3 is 26.8 Å². The molecule has 320 valence electrons. The van der Waals surface area contributed by atoms with Crippen LogP contribution in [-0.2, 0) is 71.9 Å². The molecule has 0 aromatic rings. The molecule has 4 heterocycles.